The highest BCUT2D eigenvalue weighted by molar-refractivity contribution is 6.30. The average molecular weight is 291 g/mol. The Labute approximate surface area is 123 Å². The second kappa shape index (κ2) is 6.44. The Morgan fingerprint density at radius 3 is 2.50 bits per heavy atom. The van der Waals surface area contributed by atoms with Crippen LogP contribution in [0.1, 0.15) is 12.5 Å². The normalized spacial score (nSPS) is 11.8. The quantitative estimate of drug-likeness (QED) is 0.630. The van der Waals surface area contributed by atoms with E-state index in [1.807, 2.05) is 25.1 Å². The van der Waals surface area contributed by atoms with Crippen LogP contribution in [-0.4, -0.2) is 12.1 Å². The first-order valence-electron chi connectivity index (χ1n) is 6.26. The SMILES string of the molecule is Cc1cc(Cl)ccc1OC(=O)C(C)Oc1ccccc1. The van der Waals surface area contributed by atoms with E-state index >= 15 is 0 Å². The number of ether oxygens (including phenoxy) is 2. The third-order valence-corrected chi connectivity index (χ3v) is 2.97. The van der Waals surface area contributed by atoms with Crippen LogP contribution >= 0.6 is 11.6 Å². The minimum absolute atomic E-state index is 0.445. The predicted molar refractivity (Wildman–Crippen MR) is 78.4 cm³/mol. The number of halogens is 1. The minimum atomic E-state index is -0.688. The van der Waals surface area contributed by atoms with Gasteiger partial charge in [-0.2, -0.15) is 0 Å². The van der Waals surface area contributed by atoms with Gasteiger partial charge in [-0.1, -0.05) is 29.8 Å². The molecule has 0 amide bonds. The van der Waals surface area contributed by atoms with Gasteiger partial charge in [-0.15, -0.1) is 0 Å². The molecule has 0 N–H and O–H groups in total. The van der Waals surface area contributed by atoms with Crippen molar-refractivity contribution in [2.45, 2.75) is 20.0 Å². The molecule has 0 fully saturated rings. The first kappa shape index (κ1) is 14.4. The van der Waals surface area contributed by atoms with Crippen molar-refractivity contribution in [2.24, 2.45) is 0 Å². The summed E-state index contributed by atoms with van der Waals surface area (Å²) in [7, 11) is 0. The molecule has 1 unspecified atom stereocenters. The standard InChI is InChI=1S/C16H15ClO3/c1-11-10-13(17)8-9-15(11)20-16(18)12(2)19-14-6-4-3-5-7-14/h3-10,12H,1-2H3. The maximum absolute atomic E-state index is 12.0. The Bertz CT molecular complexity index is 596. The van der Waals surface area contributed by atoms with E-state index in [0.717, 1.165) is 5.56 Å². The lowest BCUT2D eigenvalue weighted by molar-refractivity contribution is -0.141. The van der Waals surface area contributed by atoms with Crippen molar-refractivity contribution in [1.29, 1.82) is 0 Å². The zero-order valence-electron chi connectivity index (χ0n) is 11.3. The largest absolute Gasteiger partial charge is 0.479 e. The van der Waals surface area contributed by atoms with E-state index in [1.54, 1.807) is 37.3 Å². The van der Waals surface area contributed by atoms with Gasteiger partial charge in [-0.05, 0) is 49.7 Å². The summed E-state index contributed by atoms with van der Waals surface area (Å²) in [6.45, 7) is 3.48. The second-order valence-electron chi connectivity index (χ2n) is 4.40. The van der Waals surface area contributed by atoms with Crippen molar-refractivity contribution in [2.75, 3.05) is 0 Å². The number of rotatable bonds is 4. The maximum atomic E-state index is 12.0. The van der Waals surface area contributed by atoms with Crippen LogP contribution < -0.4 is 9.47 Å². The number of esters is 1. The van der Waals surface area contributed by atoms with Gasteiger partial charge in [0.05, 0.1) is 0 Å². The van der Waals surface area contributed by atoms with Gasteiger partial charge in [-0.25, -0.2) is 4.79 Å². The molecular weight excluding hydrogens is 276 g/mol. The Balaban J connectivity index is 2.01. The average Bonchev–Trinajstić information content (AvgIpc) is 2.43. The molecule has 0 saturated carbocycles. The van der Waals surface area contributed by atoms with E-state index < -0.39 is 12.1 Å². The van der Waals surface area contributed by atoms with Gasteiger partial charge in [0.2, 0.25) is 0 Å². The lowest BCUT2D eigenvalue weighted by Gasteiger charge is -2.14. The summed E-state index contributed by atoms with van der Waals surface area (Å²) in [6, 6.07) is 14.2. The molecule has 20 heavy (non-hydrogen) atoms. The number of benzene rings is 2. The van der Waals surface area contributed by atoms with Crippen molar-refractivity contribution in [3.63, 3.8) is 0 Å². The summed E-state index contributed by atoms with van der Waals surface area (Å²) in [6.07, 6.45) is -0.688. The summed E-state index contributed by atoms with van der Waals surface area (Å²) in [4.78, 5) is 12.0. The van der Waals surface area contributed by atoms with E-state index in [-0.39, 0.29) is 0 Å². The third-order valence-electron chi connectivity index (χ3n) is 2.74. The highest BCUT2D eigenvalue weighted by atomic mass is 35.5. The lowest BCUT2D eigenvalue weighted by Crippen LogP contribution is -2.28. The Morgan fingerprint density at radius 2 is 1.85 bits per heavy atom. The maximum Gasteiger partial charge on any atom is 0.352 e. The Hall–Kier alpha value is -2.00. The number of hydrogen-bond donors (Lipinski definition) is 0. The highest BCUT2D eigenvalue weighted by Gasteiger charge is 2.18. The van der Waals surface area contributed by atoms with Gasteiger partial charge >= 0.3 is 5.97 Å². The van der Waals surface area contributed by atoms with Crippen LogP contribution in [0.15, 0.2) is 48.5 Å². The molecule has 0 aliphatic heterocycles. The van der Waals surface area contributed by atoms with E-state index in [4.69, 9.17) is 21.1 Å². The van der Waals surface area contributed by atoms with Crippen LogP contribution in [0.25, 0.3) is 0 Å². The van der Waals surface area contributed by atoms with Crippen molar-refractivity contribution >= 4 is 17.6 Å². The molecule has 0 spiro atoms. The molecule has 0 saturated heterocycles. The van der Waals surface area contributed by atoms with Crippen molar-refractivity contribution < 1.29 is 14.3 Å². The molecule has 0 bridgehead atoms. The minimum Gasteiger partial charge on any atom is -0.479 e. The summed E-state index contributed by atoms with van der Waals surface area (Å²) in [5, 5.41) is 0.607. The molecule has 3 nitrogen and oxygen atoms in total. The molecule has 0 heterocycles. The van der Waals surface area contributed by atoms with Crippen LogP contribution in [0.4, 0.5) is 0 Å². The summed E-state index contributed by atoms with van der Waals surface area (Å²) in [5.41, 5.74) is 0.803. The smallest absolute Gasteiger partial charge is 0.352 e. The number of carbonyl (C=O) groups is 1. The summed E-state index contributed by atoms with van der Waals surface area (Å²) >= 11 is 5.86. The lowest BCUT2D eigenvalue weighted by atomic mass is 10.2. The fourth-order valence-corrected chi connectivity index (χ4v) is 1.90. The zero-order valence-corrected chi connectivity index (χ0v) is 12.1. The molecule has 4 heteroatoms. The van der Waals surface area contributed by atoms with E-state index in [9.17, 15) is 4.79 Å². The van der Waals surface area contributed by atoms with Gasteiger partial charge in [-0.3, -0.25) is 0 Å². The highest BCUT2D eigenvalue weighted by Crippen LogP contribution is 2.22. The van der Waals surface area contributed by atoms with E-state index in [1.165, 1.54) is 0 Å². The summed E-state index contributed by atoms with van der Waals surface area (Å²) < 4.78 is 10.8. The van der Waals surface area contributed by atoms with Gasteiger partial charge in [0.1, 0.15) is 11.5 Å². The van der Waals surface area contributed by atoms with Crippen LogP contribution in [0, 0.1) is 6.92 Å². The van der Waals surface area contributed by atoms with Crippen LogP contribution in [-0.2, 0) is 4.79 Å². The van der Waals surface area contributed by atoms with Crippen molar-refractivity contribution in [3.05, 3.63) is 59.1 Å². The van der Waals surface area contributed by atoms with Crippen LogP contribution in [0.2, 0.25) is 5.02 Å². The molecule has 0 aliphatic rings. The molecule has 2 rings (SSSR count). The third kappa shape index (κ3) is 3.75. The van der Waals surface area contributed by atoms with Gasteiger partial charge < -0.3 is 9.47 Å². The molecule has 0 aromatic heterocycles. The molecule has 2 aromatic rings. The Kier molecular flexibility index (Phi) is 4.64. The number of aryl methyl sites for hydroxylation is 1. The molecule has 104 valence electrons. The second-order valence-corrected chi connectivity index (χ2v) is 4.84. The molecule has 0 radical (unpaired) electrons. The van der Waals surface area contributed by atoms with Crippen LogP contribution in [0.5, 0.6) is 11.5 Å². The number of hydrogen-bond acceptors (Lipinski definition) is 3. The molecule has 1 atom stereocenters. The van der Waals surface area contributed by atoms with E-state index in [2.05, 4.69) is 0 Å². The fourth-order valence-electron chi connectivity index (χ4n) is 1.67. The monoisotopic (exact) mass is 290 g/mol. The topological polar surface area (TPSA) is 35.5 Å². The van der Waals surface area contributed by atoms with E-state index in [0.29, 0.717) is 16.5 Å². The fraction of sp³-hybridized carbons (Fsp3) is 0.188. The number of carbonyl (C=O) groups excluding carboxylic acids is 1. The van der Waals surface area contributed by atoms with Crippen LogP contribution in [0.3, 0.4) is 0 Å². The van der Waals surface area contributed by atoms with Crippen molar-refractivity contribution in [1.82, 2.24) is 0 Å². The van der Waals surface area contributed by atoms with Gasteiger partial charge in [0.25, 0.3) is 0 Å². The molecule has 0 aliphatic carbocycles. The number of para-hydroxylation sites is 1. The molecule has 2 aromatic carbocycles. The first-order chi connectivity index (χ1) is 9.56. The zero-order chi connectivity index (χ0) is 14.5. The van der Waals surface area contributed by atoms with Crippen molar-refractivity contribution in [3.8, 4) is 11.5 Å². The Morgan fingerprint density at radius 1 is 1.15 bits per heavy atom. The van der Waals surface area contributed by atoms with Gasteiger partial charge in [0, 0.05) is 5.02 Å². The molecular formula is C16H15ClO3. The van der Waals surface area contributed by atoms with Gasteiger partial charge in [0.15, 0.2) is 6.10 Å². The summed E-state index contributed by atoms with van der Waals surface area (Å²) in [5.74, 6) is 0.673. The first-order valence-corrected chi connectivity index (χ1v) is 6.63. The predicted octanol–water partition coefficient (Wildman–Crippen LogP) is 4.02.